The Morgan fingerprint density at radius 1 is 1.12 bits per heavy atom. The lowest BCUT2D eigenvalue weighted by Crippen LogP contribution is -2.30. The van der Waals surface area contributed by atoms with Crippen molar-refractivity contribution < 1.29 is 0 Å². The standard InChI is InChI=1S/C19H26N6O/c1-13(2)17-5-18(21-12-20-17)25-10-15-8-24(9-16(15)11-25)7-14-4-19(26)23(3)22-6-14/h4-6,12-13,15-16H,7-11H2,1-3H3. The number of hydrogen-bond donors (Lipinski definition) is 0. The van der Waals surface area contributed by atoms with Gasteiger partial charge >= 0.3 is 0 Å². The molecule has 7 nitrogen and oxygen atoms in total. The fraction of sp³-hybridized carbons (Fsp3) is 0.579. The van der Waals surface area contributed by atoms with Crippen LogP contribution in [0.5, 0.6) is 0 Å². The van der Waals surface area contributed by atoms with E-state index in [4.69, 9.17) is 0 Å². The van der Waals surface area contributed by atoms with E-state index in [1.54, 1.807) is 25.6 Å². The molecule has 2 fully saturated rings. The van der Waals surface area contributed by atoms with E-state index in [0.717, 1.165) is 49.8 Å². The largest absolute Gasteiger partial charge is 0.356 e. The zero-order chi connectivity index (χ0) is 18.3. The van der Waals surface area contributed by atoms with Gasteiger partial charge in [0.2, 0.25) is 0 Å². The lowest BCUT2D eigenvalue weighted by molar-refractivity contribution is 0.307. The molecule has 0 spiro atoms. The second kappa shape index (κ2) is 6.79. The van der Waals surface area contributed by atoms with E-state index in [1.807, 2.05) is 0 Å². The molecular formula is C19H26N6O. The van der Waals surface area contributed by atoms with Gasteiger partial charge in [-0.05, 0) is 23.3 Å². The highest BCUT2D eigenvalue weighted by atomic mass is 16.1. The molecule has 0 radical (unpaired) electrons. The van der Waals surface area contributed by atoms with Gasteiger partial charge < -0.3 is 4.90 Å². The first-order valence-corrected chi connectivity index (χ1v) is 9.31. The molecule has 138 valence electrons. The number of rotatable bonds is 4. The fourth-order valence-corrected chi connectivity index (χ4v) is 4.11. The van der Waals surface area contributed by atoms with E-state index in [0.29, 0.717) is 17.8 Å². The van der Waals surface area contributed by atoms with Crippen LogP contribution in [0.2, 0.25) is 0 Å². The van der Waals surface area contributed by atoms with E-state index in [2.05, 4.69) is 44.8 Å². The number of aryl methyl sites for hydroxylation is 1. The molecule has 2 unspecified atom stereocenters. The summed E-state index contributed by atoms with van der Waals surface area (Å²) in [4.78, 5) is 25.5. The second-order valence-corrected chi connectivity index (χ2v) is 7.90. The Morgan fingerprint density at radius 2 is 1.85 bits per heavy atom. The van der Waals surface area contributed by atoms with Crippen LogP contribution in [0.4, 0.5) is 5.82 Å². The number of fused-ring (bicyclic) bond motifs is 1. The van der Waals surface area contributed by atoms with Crippen LogP contribution in [0.1, 0.15) is 31.0 Å². The minimum absolute atomic E-state index is 0.0437. The molecule has 0 saturated carbocycles. The molecule has 4 heterocycles. The summed E-state index contributed by atoms with van der Waals surface area (Å²) in [6.45, 7) is 9.36. The summed E-state index contributed by atoms with van der Waals surface area (Å²) in [5.74, 6) is 2.79. The van der Waals surface area contributed by atoms with Crippen molar-refractivity contribution in [3.63, 3.8) is 0 Å². The highest BCUT2D eigenvalue weighted by molar-refractivity contribution is 5.41. The van der Waals surface area contributed by atoms with E-state index in [-0.39, 0.29) is 5.56 Å². The van der Waals surface area contributed by atoms with Gasteiger partial charge in [0.25, 0.3) is 5.56 Å². The Morgan fingerprint density at radius 3 is 2.50 bits per heavy atom. The first-order chi connectivity index (χ1) is 12.5. The monoisotopic (exact) mass is 354 g/mol. The molecule has 2 saturated heterocycles. The van der Waals surface area contributed by atoms with Gasteiger partial charge in [-0.3, -0.25) is 9.69 Å². The van der Waals surface area contributed by atoms with Gasteiger partial charge in [-0.2, -0.15) is 5.10 Å². The number of hydrogen-bond acceptors (Lipinski definition) is 6. The van der Waals surface area contributed by atoms with E-state index >= 15 is 0 Å². The first-order valence-electron chi connectivity index (χ1n) is 9.31. The van der Waals surface area contributed by atoms with Crippen molar-refractivity contribution in [3.8, 4) is 0 Å². The molecule has 0 N–H and O–H groups in total. The fourth-order valence-electron chi connectivity index (χ4n) is 4.11. The van der Waals surface area contributed by atoms with Gasteiger partial charge in [-0.25, -0.2) is 14.6 Å². The highest BCUT2D eigenvalue weighted by Gasteiger charge is 2.40. The minimum atomic E-state index is -0.0437. The Kier molecular flexibility index (Phi) is 4.48. The number of likely N-dealkylation sites (tertiary alicyclic amines) is 1. The summed E-state index contributed by atoms with van der Waals surface area (Å²) in [6.07, 6.45) is 3.49. The molecule has 4 rings (SSSR count). The SMILES string of the molecule is CC(C)c1cc(N2CC3CN(Cc4cnn(C)c(=O)c4)CC3C2)ncn1. The second-order valence-electron chi connectivity index (χ2n) is 7.90. The van der Waals surface area contributed by atoms with Gasteiger partial charge in [0, 0.05) is 57.6 Å². The van der Waals surface area contributed by atoms with Crippen molar-refractivity contribution in [1.82, 2.24) is 24.6 Å². The Labute approximate surface area is 153 Å². The average molecular weight is 354 g/mol. The quantitative estimate of drug-likeness (QED) is 0.824. The molecule has 2 aromatic rings. The summed E-state index contributed by atoms with van der Waals surface area (Å²) in [7, 11) is 1.68. The molecule has 2 atom stereocenters. The molecule has 0 bridgehead atoms. The maximum Gasteiger partial charge on any atom is 0.266 e. The van der Waals surface area contributed by atoms with Crippen molar-refractivity contribution in [2.45, 2.75) is 26.3 Å². The normalized spacial score (nSPS) is 23.0. The topological polar surface area (TPSA) is 67.2 Å². The third-order valence-corrected chi connectivity index (χ3v) is 5.58. The molecule has 0 aromatic carbocycles. The molecule has 0 aliphatic carbocycles. The van der Waals surface area contributed by atoms with Crippen molar-refractivity contribution in [2.75, 3.05) is 31.1 Å². The van der Waals surface area contributed by atoms with E-state index in [9.17, 15) is 4.79 Å². The predicted molar refractivity (Wildman–Crippen MR) is 100 cm³/mol. The smallest absolute Gasteiger partial charge is 0.266 e. The van der Waals surface area contributed by atoms with Crippen molar-refractivity contribution in [1.29, 1.82) is 0 Å². The summed E-state index contributed by atoms with van der Waals surface area (Å²) >= 11 is 0. The van der Waals surface area contributed by atoms with E-state index in [1.165, 1.54) is 4.68 Å². The van der Waals surface area contributed by atoms with Crippen LogP contribution < -0.4 is 10.5 Å². The van der Waals surface area contributed by atoms with Gasteiger partial charge in [0.15, 0.2) is 0 Å². The van der Waals surface area contributed by atoms with Crippen molar-refractivity contribution >= 4 is 5.82 Å². The van der Waals surface area contributed by atoms with Crippen molar-refractivity contribution in [3.05, 3.63) is 46.3 Å². The van der Waals surface area contributed by atoms with Gasteiger partial charge in [0.05, 0.1) is 6.20 Å². The minimum Gasteiger partial charge on any atom is -0.356 e. The number of nitrogens with zero attached hydrogens (tertiary/aromatic N) is 6. The molecule has 2 aliphatic heterocycles. The molecule has 2 aromatic heterocycles. The lowest BCUT2D eigenvalue weighted by Gasteiger charge is -2.22. The van der Waals surface area contributed by atoms with Crippen LogP contribution in [0.25, 0.3) is 0 Å². The van der Waals surface area contributed by atoms with Crippen LogP contribution in [-0.4, -0.2) is 50.8 Å². The Balaban J connectivity index is 1.39. The number of anilines is 1. The maximum atomic E-state index is 11.7. The zero-order valence-electron chi connectivity index (χ0n) is 15.7. The summed E-state index contributed by atoms with van der Waals surface area (Å²) in [5.41, 5.74) is 2.06. The Hall–Kier alpha value is -2.28. The Bertz CT molecular complexity index is 834. The lowest BCUT2D eigenvalue weighted by atomic mass is 10.0. The van der Waals surface area contributed by atoms with Crippen LogP contribution in [-0.2, 0) is 13.6 Å². The molecule has 7 heteroatoms. The summed E-state index contributed by atoms with van der Waals surface area (Å²) in [5, 5.41) is 4.12. The third-order valence-electron chi connectivity index (χ3n) is 5.58. The van der Waals surface area contributed by atoms with Crippen molar-refractivity contribution in [2.24, 2.45) is 18.9 Å². The van der Waals surface area contributed by atoms with Gasteiger partial charge in [-0.1, -0.05) is 13.8 Å². The highest BCUT2D eigenvalue weighted by Crippen LogP contribution is 2.34. The summed E-state index contributed by atoms with van der Waals surface area (Å²) < 4.78 is 1.37. The van der Waals surface area contributed by atoms with Gasteiger partial charge in [0.1, 0.15) is 12.1 Å². The third kappa shape index (κ3) is 3.35. The van der Waals surface area contributed by atoms with Crippen LogP contribution in [0.15, 0.2) is 29.5 Å². The van der Waals surface area contributed by atoms with Gasteiger partial charge in [-0.15, -0.1) is 0 Å². The maximum absolute atomic E-state index is 11.7. The van der Waals surface area contributed by atoms with E-state index < -0.39 is 0 Å². The average Bonchev–Trinajstić information content (AvgIpc) is 3.17. The molecular weight excluding hydrogens is 328 g/mol. The number of aromatic nitrogens is 4. The molecule has 26 heavy (non-hydrogen) atoms. The van der Waals surface area contributed by atoms with Crippen LogP contribution in [0.3, 0.4) is 0 Å². The predicted octanol–water partition coefficient (Wildman–Crippen LogP) is 1.26. The molecule has 0 amide bonds. The van der Waals surface area contributed by atoms with Crippen LogP contribution in [0, 0.1) is 11.8 Å². The molecule has 2 aliphatic rings. The summed E-state index contributed by atoms with van der Waals surface area (Å²) in [6, 6.07) is 3.83. The zero-order valence-corrected chi connectivity index (χ0v) is 15.7. The van der Waals surface area contributed by atoms with Crippen LogP contribution >= 0.6 is 0 Å². The first kappa shape index (κ1) is 17.1.